The van der Waals surface area contributed by atoms with Gasteiger partial charge >= 0.3 is 0 Å². The summed E-state index contributed by atoms with van der Waals surface area (Å²) in [6.07, 6.45) is 0.413. The van der Waals surface area contributed by atoms with Crippen molar-refractivity contribution in [1.29, 1.82) is 5.26 Å². The van der Waals surface area contributed by atoms with Crippen molar-refractivity contribution < 1.29 is 14.6 Å². The number of rotatable bonds is 6. The van der Waals surface area contributed by atoms with Gasteiger partial charge in [-0.15, -0.1) is 0 Å². The van der Waals surface area contributed by atoms with Crippen LogP contribution < -0.4 is 4.74 Å². The Morgan fingerprint density at radius 1 is 1.27 bits per heavy atom. The Balaban J connectivity index is 2.14. The Kier molecular flexibility index (Phi) is 5.29. The molecule has 2 aromatic rings. The normalized spacial score (nSPS) is 10.0. The van der Waals surface area contributed by atoms with Crippen LogP contribution in [-0.2, 0) is 13.0 Å². The highest BCUT2D eigenvalue weighted by molar-refractivity contribution is 5.95. The van der Waals surface area contributed by atoms with Gasteiger partial charge in [-0.1, -0.05) is 12.1 Å². The Morgan fingerprint density at radius 3 is 2.77 bits per heavy atom. The third-order valence-electron chi connectivity index (χ3n) is 3.30. The predicted molar refractivity (Wildman–Crippen MR) is 82.7 cm³/mol. The van der Waals surface area contributed by atoms with Gasteiger partial charge in [0.15, 0.2) is 5.78 Å². The molecular formula is C18H17NO3. The Labute approximate surface area is 129 Å². The molecule has 0 heterocycles. The zero-order valence-corrected chi connectivity index (χ0v) is 12.4. The fourth-order valence-electron chi connectivity index (χ4n) is 2.23. The summed E-state index contributed by atoms with van der Waals surface area (Å²) in [7, 11) is 0. The third-order valence-corrected chi connectivity index (χ3v) is 3.30. The number of carbonyl (C=O) groups is 1. The van der Waals surface area contributed by atoms with Crippen molar-refractivity contribution in [1.82, 2.24) is 0 Å². The fourth-order valence-corrected chi connectivity index (χ4v) is 2.23. The van der Waals surface area contributed by atoms with Crippen LogP contribution in [0.4, 0.5) is 0 Å². The highest BCUT2D eigenvalue weighted by Crippen LogP contribution is 2.20. The lowest BCUT2D eigenvalue weighted by Crippen LogP contribution is -2.03. The minimum atomic E-state index is -0.0308. The van der Waals surface area contributed by atoms with E-state index in [1.165, 1.54) is 6.92 Å². The molecule has 112 valence electrons. The molecule has 4 nitrogen and oxygen atoms in total. The first kappa shape index (κ1) is 15.7. The van der Waals surface area contributed by atoms with Crippen molar-refractivity contribution in [3.05, 3.63) is 64.7 Å². The second kappa shape index (κ2) is 7.39. The summed E-state index contributed by atoms with van der Waals surface area (Å²) in [5, 5.41) is 18.0. The molecular weight excluding hydrogens is 278 g/mol. The Morgan fingerprint density at radius 2 is 2.09 bits per heavy atom. The van der Waals surface area contributed by atoms with E-state index < -0.39 is 0 Å². The molecule has 0 saturated carbocycles. The number of carbonyl (C=O) groups excluding carboxylic acids is 1. The van der Waals surface area contributed by atoms with Crippen molar-refractivity contribution >= 4 is 5.78 Å². The first-order chi connectivity index (χ1) is 10.6. The maximum atomic E-state index is 11.5. The van der Waals surface area contributed by atoms with Gasteiger partial charge in [-0.05, 0) is 54.8 Å². The predicted octanol–water partition coefficient (Wildman–Crippen LogP) is 2.87. The van der Waals surface area contributed by atoms with Crippen molar-refractivity contribution in [2.24, 2.45) is 0 Å². The zero-order chi connectivity index (χ0) is 15.9. The van der Waals surface area contributed by atoms with Crippen molar-refractivity contribution in [3.63, 3.8) is 0 Å². The largest absolute Gasteiger partial charge is 0.489 e. The lowest BCUT2D eigenvalue weighted by molar-refractivity contribution is 0.101. The van der Waals surface area contributed by atoms with Gasteiger partial charge < -0.3 is 9.84 Å². The van der Waals surface area contributed by atoms with Gasteiger partial charge in [0.1, 0.15) is 12.4 Å². The zero-order valence-electron chi connectivity index (χ0n) is 12.4. The van der Waals surface area contributed by atoms with Crippen LogP contribution in [0.25, 0.3) is 0 Å². The molecule has 1 N–H and O–H groups in total. The maximum Gasteiger partial charge on any atom is 0.160 e. The number of nitriles is 1. The summed E-state index contributed by atoms with van der Waals surface area (Å²) in [5.41, 5.74) is 2.87. The van der Waals surface area contributed by atoms with Crippen LogP contribution in [0.5, 0.6) is 5.75 Å². The van der Waals surface area contributed by atoms with E-state index in [1.807, 2.05) is 12.1 Å². The molecule has 0 aliphatic carbocycles. The minimum absolute atomic E-state index is 0.0199. The van der Waals surface area contributed by atoms with Gasteiger partial charge in [0.25, 0.3) is 0 Å². The van der Waals surface area contributed by atoms with Crippen LogP contribution in [0.3, 0.4) is 0 Å². The quantitative estimate of drug-likeness (QED) is 0.832. The maximum absolute atomic E-state index is 11.5. The van der Waals surface area contributed by atoms with Crippen molar-refractivity contribution in [2.75, 3.05) is 6.61 Å². The topological polar surface area (TPSA) is 70.3 Å². The number of Topliss-reactive ketones (excluding diaryl/α,β-unsaturated/α-hetero) is 1. The van der Waals surface area contributed by atoms with E-state index in [1.54, 1.807) is 30.3 Å². The molecule has 0 saturated heterocycles. The van der Waals surface area contributed by atoms with Gasteiger partial charge in [0.05, 0.1) is 11.6 Å². The molecule has 0 fully saturated rings. The van der Waals surface area contributed by atoms with E-state index in [2.05, 4.69) is 6.07 Å². The SMILES string of the molecule is CC(=O)c1ccc(OCc2cccc(C#N)c2)cc1CCO. The molecule has 0 atom stereocenters. The lowest BCUT2D eigenvalue weighted by atomic mass is 10.0. The van der Waals surface area contributed by atoms with E-state index in [9.17, 15) is 4.79 Å². The van der Waals surface area contributed by atoms with Crippen LogP contribution in [0.15, 0.2) is 42.5 Å². The summed E-state index contributed by atoms with van der Waals surface area (Å²) in [4.78, 5) is 11.5. The average Bonchev–Trinajstić information content (AvgIpc) is 2.53. The van der Waals surface area contributed by atoms with Gasteiger partial charge in [-0.25, -0.2) is 0 Å². The van der Waals surface area contributed by atoms with Gasteiger partial charge in [-0.2, -0.15) is 5.26 Å². The summed E-state index contributed by atoms with van der Waals surface area (Å²) in [6, 6.07) is 14.5. The number of aliphatic hydroxyl groups is 1. The number of ketones is 1. The second-order valence-corrected chi connectivity index (χ2v) is 4.95. The molecule has 0 bridgehead atoms. The summed E-state index contributed by atoms with van der Waals surface area (Å²) in [6.45, 7) is 1.82. The van der Waals surface area contributed by atoms with Crippen LogP contribution in [0.1, 0.15) is 34.0 Å². The van der Waals surface area contributed by atoms with E-state index >= 15 is 0 Å². The third kappa shape index (κ3) is 3.94. The molecule has 0 aliphatic heterocycles. The first-order valence-corrected chi connectivity index (χ1v) is 7.00. The standard InChI is InChI=1S/C18H17NO3/c1-13(21)18-6-5-17(10-16(18)7-8-20)22-12-15-4-2-3-14(9-15)11-19/h2-6,9-10,20H,7-8,12H2,1H3. The highest BCUT2D eigenvalue weighted by Gasteiger charge is 2.08. The van der Waals surface area contributed by atoms with E-state index in [0.29, 0.717) is 29.9 Å². The van der Waals surface area contributed by atoms with E-state index in [4.69, 9.17) is 15.1 Å². The van der Waals surface area contributed by atoms with Crippen LogP contribution in [-0.4, -0.2) is 17.5 Å². The number of ether oxygens (including phenoxy) is 1. The Bertz CT molecular complexity index is 717. The molecule has 0 amide bonds. The van der Waals surface area contributed by atoms with Crippen molar-refractivity contribution in [3.8, 4) is 11.8 Å². The number of hydrogen-bond donors (Lipinski definition) is 1. The molecule has 4 heteroatoms. The van der Waals surface area contributed by atoms with Crippen LogP contribution in [0.2, 0.25) is 0 Å². The molecule has 22 heavy (non-hydrogen) atoms. The summed E-state index contributed by atoms with van der Waals surface area (Å²) < 4.78 is 5.71. The Hall–Kier alpha value is -2.64. The average molecular weight is 295 g/mol. The summed E-state index contributed by atoms with van der Waals surface area (Å²) >= 11 is 0. The molecule has 2 aromatic carbocycles. The first-order valence-electron chi connectivity index (χ1n) is 7.00. The fraction of sp³-hybridized carbons (Fsp3) is 0.222. The monoisotopic (exact) mass is 295 g/mol. The van der Waals surface area contributed by atoms with Crippen molar-refractivity contribution in [2.45, 2.75) is 20.0 Å². The molecule has 2 rings (SSSR count). The molecule has 0 aromatic heterocycles. The minimum Gasteiger partial charge on any atom is -0.489 e. The van der Waals surface area contributed by atoms with Gasteiger partial charge in [0.2, 0.25) is 0 Å². The van der Waals surface area contributed by atoms with E-state index in [-0.39, 0.29) is 12.4 Å². The highest BCUT2D eigenvalue weighted by atomic mass is 16.5. The van der Waals surface area contributed by atoms with E-state index in [0.717, 1.165) is 11.1 Å². The molecule has 0 radical (unpaired) electrons. The number of hydrogen-bond acceptors (Lipinski definition) is 4. The number of nitrogens with zero attached hydrogens (tertiary/aromatic N) is 1. The second-order valence-electron chi connectivity index (χ2n) is 4.95. The smallest absolute Gasteiger partial charge is 0.160 e. The van der Waals surface area contributed by atoms with Crippen LogP contribution in [0, 0.1) is 11.3 Å². The van der Waals surface area contributed by atoms with Gasteiger partial charge in [-0.3, -0.25) is 4.79 Å². The lowest BCUT2D eigenvalue weighted by Gasteiger charge is -2.11. The molecule has 0 spiro atoms. The molecule has 0 aliphatic rings. The molecule has 0 unspecified atom stereocenters. The van der Waals surface area contributed by atoms with Crippen LogP contribution >= 0.6 is 0 Å². The number of benzene rings is 2. The number of aliphatic hydroxyl groups excluding tert-OH is 1. The summed E-state index contributed by atoms with van der Waals surface area (Å²) in [5.74, 6) is 0.604. The van der Waals surface area contributed by atoms with Gasteiger partial charge in [0, 0.05) is 12.2 Å².